The van der Waals surface area contributed by atoms with Gasteiger partial charge in [0.15, 0.2) is 0 Å². The van der Waals surface area contributed by atoms with Crippen LogP contribution < -0.4 is 0 Å². The van der Waals surface area contributed by atoms with Crippen LogP contribution in [0.2, 0.25) is 0 Å². The van der Waals surface area contributed by atoms with E-state index in [1.54, 1.807) is 16.2 Å². The number of likely N-dealkylation sites (tertiary alicyclic amines) is 1. The van der Waals surface area contributed by atoms with Gasteiger partial charge in [0, 0.05) is 19.0 Å². The van der Waals surface area contributed by atoms with Crippen LogP contribution in [0.25, 0.3) is 10.7 Å². The van der Waals surface area contributed by atoms with Gasteiger partial charge < -0.3 is 9.42 Å². The first-order chi connectivity index (χ1) is 9.24. The summed E-state index contributed by atoms with van der Waals surface area (Å²) in [6.07, 6.45) is 1.69. The van der Waals surface area contributed by atoms with Crippen molar-refractivity contribution in [2.24, 2.45) is 0 Å². The molecule has 3 rings (SSSR count). The van der Waals surface area contributed by atoms with Crippen molar-refractivity contribution >= 4 is 29.2 Å². The third kappa shape index (κ3) is 2.66. The Balaban J connectivity index is 1.69. The van der Waals surface area contributed by atoms with Crippen molar-refractivity contribution in [2.75, 3.05) is 13.1 Å². The van der Waals surface area contributed by atoms with E-state index in [1.165, 1.54) is 0 Å². The molecule has 0 aromatic carbocycles. The average molecular weight is 295 g/mol. The standard InChI is InChI=1S/C12H13N3O2S2/c16-12(18)15-5-3-8(4-6-15)11-13-10(14-17-11)9-2-1-7-19-9/h1-2,7-8H,3-6H2,(H,16,18). The number of hydrogen-bond donors (Lipinski definition) is 1. The molecule has 3 heterocycles. The van der Waals surface area contributed by atoms with Gasteiger partial charge in [-0.3, -0.25) is 4.79 Å². The molecule has 0 bridgehead atoms. The average Bonchev–Trinajstić information content (AvgIpc) is 3.10. The van der Waals surface area contributed by atoms with E-state index < -0.39 is 0 Å². The van der Waals surface area contributed by atoms with E-state index in [0.717, 1.165) is 17.7 Å². The van der Waals surface area contributed by atoms with Crippen LogP contribution in [0.5, 0.6) is 0 Å². The number of nitrogens with zero attached hydrogens (tertiary/aromatic N) is 3. The normalized spacial score (nSPS) is 16.8. The summed E-state index contributed by atoms with van der Waals surface area (Å²) < 4.78 is 5.35. The van der Waals surface area contributed by atoms with Crippen molar-refractivity contribution < 1.29 is 9.32 Å². The number of hydrogen-bond acceptors (Lipinski definition) is 5. The Morgan fingerprint density at radius 1 is 1.47 bits per heavy atom. The summed E-state index contributed by atoms with van der Waals surface area (Å²) in [7, 11) is 0. The van der Waals surface area contributed by atoms with Crippen molar-refractivity contribution in [2.45, 2.75) is 18.8 Å². The molecule has 1 saturated heterocycles. The first-order valence-electron chi connectivity index (χ1n) is 6.09. The second kappa shape index (κ2) is 5.34. The second-order valence-electron chi connectivity index (χ2n) is 4.48. The predicted molar refractivity (Wildman–Crippen MR) is 75.5 cm³/mol. The number of thiol groups is 1. The van der Waals surface area contributed by atoms with Gasteiger partial charge in [-0.1, -0.05) is 23.9 Å². The molecule has 2 aromatic rings. The smallest absolute Gasteiger partial charge is 0.278 e. The fourth-order valence-electron chi connectivity index (χ4n) is 2.22. The largest absolute Gasteiger partial charge is 0.339 e. The van der Waals surface area contributed by atoms with Crippen LogP contribution in [0.4, 0.5) is 4.79 Å². The molecule has 1 amide bonds. The van der Waals surface area contributed by atoms with Crippen LogP contribution in [0.15, 0.2) is 22.0 Å². The highest BCUT2D eigenvalue weighted by Crippen LogP contribution is 2.29. The molecule has 0 N–H and O–H groups in total. The summed E-state index contributed by atoms with van der Waals surface area (Å²) >= 11 is 5.43. The van der Waals surface area contributed by atoms with E-state index in [-0.39, 0.29) is 11.2 Å². The van der Waals surface area contributed by atoms with Crippen molar-refractivity contribution in [3.8, 4) is 10.7 Å². The minimum atomic E-state index is -0.164. The van der Waals surface area contributed by atoms with Crippen molar-refractivity contribution in [3.63, 3.8) is 0 Å². The Bertz CT molecular complexity index is 559. The Morgan fingerprint density at radius 2 is 2.26 bits per heavy atom. The van der Waals surface area contributed by atoms with Crippen molar-refractivity contribution in [1.82, 2.24) is 15.0 Å². The Labute approximate surface area is 120 Å². The highest BCUT2D eigenvalue weighted by molar-refractivity contribution is 7.96. The summed E-state index contributed by atoms with van der Waals surface area (Å²) in [6, 6.07) is 3.94. The van der Waals surface area contributed by atoms with Crippen molar-refractivity contribution in [3.05, 3.63) is 23.4 Å². The zero-order valence-corrected chi connectivity index (χ0v) is 11.9. The van der Waals surface area contributed by atoms with Crippen LogP contribution in [0.1, 0.15) is 24.7 Å². The SMILES string of the molecule is O=C(S)N1CCC(c2nc(-c3cccs3)no2)CC1. The third-order valence-corrected chi connectivity index (χ3v) is 4.45. The lowest BCUT2D eigenvalue weighted by Gasteiger charge is -2.28. The summed E-state index contributed by atoms with van der Waals surface area (Å²) in [6.45, 7) is 1.40. The topological polar surface area (TPSA) is 59.2 Å². The van der Waals surface area contributed by atoms with Gasteiger partial charge in [-0.15, -0.1) is 11.3 Å². The Morgan fingerprint density at radius 3 is 2.89 bits per heavy atom. The van der Waals surface area contributed by atoms with E-state index in [2.05, 4.69) is 22.8 Å². The van der Waals surface area contributed by atoms with E-state index >= 15 is 0 Å². The lowest BCUT2D eigenvalue weighted by molar-refractivity contribution is 0.198. The molecular formula is C12H13N3O2S2. The first-order valence-corrected chi connectivity index (χ1v) is 7.42. The highest BCUT2D eigenvalue weighted by atomic mass is 32.1. The molecular weight excluding hydrogens is 282 g/mol. The minimum Gasteiger partial charge on any atom is -0.339 e. The van der Waals surface area contributed by atoms with Gasteiger partial charge in [0.05, 0.1) is 4.88 Å². The van der Waals surface area contributed by atoms with E-state index in [1.807, 2.05) is 17.5 Å². The number of thiophene rings is 1. The third-order valence-electron chi connectivity index (χ3n) is 3.30. The Kier molecular flexibility index (Phi) is 3.56. The van der Waals surface area contributed by atoms with E-state index in [4.69, 9.17) is 4.52 Å². The molecule has 1 fully saturated rings. The molecule has 0 aliphatic carbocycles. The number of rotatable bonds is 2. The molecule has 0 spiro atoms. The van der Waals surface area contributed by atoms with Crippen LogP contribution >= 0.6 is 24.0 Å². The van der Waals surface area contributed by atoms with Gasteiger partial charge in [-0.25, -0.2) is 0 Å². The van der Waals surface area contributed by atoms with Crippen LogP contribution in [0, 0.1) is 0 Å². The maximum atomic E-state index is 11.1. The fourth-order valence-corrected chi connectivity index (χ4v) is 3.07. The van der Waals surface area contributed by atoms with Gasteiger partial charge in [-0.05, 0) is 24.3 Å². The highest BCUT2D eigenvalue weighted by Gasteiger charge is 2.26. The molecule has 5 nitrogen and oxygen atoms in total. The number of aromatic nitrogens is 2. The Hall–Kier alpha value is -1.34. The zero-order valence-electron chi connectivity index (χ0n) is 10.2. The van der Waals surface area contributed by atoms with Crippen molar-refractivity contribution in [1.29, 1.82) is 0 Å². The minimum absolute atomic E-state index is 0.164. The number of carbonyl (C=O) groups is 1. The maximum Gasteiger partial charge on any atom is 0.278 e. The van der Waals surface area contributed by atoms with Crippen LogP contribution in [-0.4, -0.2) is 33.4 Å². The maximum absolute atomic E-state index is 11.1. The first kappa shape index (κ1) is 12.7. The van der Waals surface area contributed by atoms with Crippen LogP contribution in [-0.2, 0) is 0 Å². The molecule has 0 saturated carbocycles. The molecule has 0 unspecified atom stereocenters. The molecule has 1 aliphatic rings. The molecule has 2 aromatic heterocycles. The quantitative estimate of drug-likeness (QED) is 0.865. The number of amides is 1. The molecule has 100 valence electrons. The van der Waals surface area contributed by atoms with Gasteiger partial charge in [0.1, 0.15) is 0 Å². The lowest BCUT2D eigenvalue weighted by Crippen LogP contribution is -2.34. The summed E-state index contributed by atoms with van der Waals surface area (Å²) in [4.78, 5) is 18.3. The molecule has 0 atom stereocenters. The van der Waals surface area contributed by atoms with E-state index in [9.17, 15) is 4.79 Å². The van der Waals surface area contributed by atoms with Gasteiger partial charge in [0.25, 0.3) is 5.24 Å². The van der Waals surface area contributed by atoms with Gasteiger partial charge in [-0.2, -0.15) is 4.98 Å². The van der Waals surface area contributed by atoms with Gasteiger partial charge >= 0.3 is 0 Å². The summed E-state index contributed by atoms with van der Waals surface area (Å²) in [5, 5.41) is 5.84. The second-order valence-corrected chi connectivity index (χ2v) is 5.81. The summed E-state index contributed by atoms with van der Waals surface area (Å²) in [5.41, 5.74) is 0. The van der Waals surface area contributed by atoms with E-state index in [0.29, 0.717) is 24.8 Å². The zero-order chi connectivity index (χ0) is 13.2. The van der Waals surface area contributed by atoms with Crippen LogP contribution in [0.3, 0.4) is 0 Å². The molecule has 19 heavy (non-hydrogen) atoms. The summed E-state index contributed by atoms with van der Waals surface area (Å²) in [5.74, 6) is 1.57. The predicted octanol–water partition coefficient (Wildman–Crippen LogP) is 3.03. The number of piperidine rings is 1. The molecule has 1 aliphatic heterocycles. The lowest BCUT2D eigenvalue weighted by atomic mass is 9.97. The molecule has 7 heteroatoms. The van der Waals surface area contributed by atoms with Gasteiger partial charge in [0.2, 0.25) is 11.7 Å². The monoisotopic (exact) mass is 295 g/mol. The number of carbonyl (C=O) groups excluding carboxylic acids is 1. The fraction of sp³-hybridized carbons (Fsp3) is 0.417. The molecule has 0 radical (unpaired) electrons.